The number of methoxy groups -OCH3 is 3. The molecule has 1 unspecified atom stereocenters. The van der Waals surface area contributed by atoms with Gasteiger partial charge in [-0.15, -0.1) is 10.2 Å². The van der Waals surface area contributed by atoms with E-state index in [0.29, 0.717) is 41.2 Å². The highest BCUT2D eigenvalue weighted by Gasteiger charge is 2.40. The lowest BCUT2D eigenvalue weighted by molar-refractivity contribution is 0.0472. The fourth-order valence-corrected chi connectivity index (χ4v) is 10.6. The molecule has 5 rings (SSSR count). The minimum Gasteiger partial charge on any atom is -0.497 e. The minimum absolute atomic E-state index is 0.100. The molecular formula is C41H49IN8O11S2. The Kier molecular flexibility index (Phi) is 16.2. The summed E-state index contributed by atoms with van der Waals surface area (Å²) in [5.74, 6) is 0.965. The van der Waals surface area contributed by atoms with Gasteiger partial charge in [0.2, 0.25) is 15.8 Å². The highest BCUT2D eigenvalue weighted by atomic mass is 127. The molecule has 63 heavy (non-hydrogen) atoms. The van der Waals surface area contributed by atoms with Crippen molar-refractivity contribution in [2.75, 3.05) is 37.4 Å². The fourth-order valence-electron chi connectivity index (χ4n) is 5.97. The van der Waals surface area contributed by atoms with Gasteiger partial charge in [0.05, 0.1) is 45.4 Å². The van der Waals surface area contributed by atoms with E-state index < -0.39 is 62.8 Å². The lowest BCUT2D eigenvalue weighted by Gasteiger charge is -2.31. The number of tetrazole rings is 1. The van der Waals surface area contributed by atoms with E-state index in [1.54, 1.807) is 88.5 Å². The van der Waals surface area contributed by atoms with Crippen molar-refractivity contribution in [3.63, 3.8) is 0 Å². The maximum atomic E-state index is 15.3. The molecule has 2 amide bonds. The largest absolute Gasteiger partial charge is 0.497 e. The van der Waals surface area contributed by atoms with Crippen LogP contribution in [0.15, 0.2) is 91.0 Å². The Morgan fingerprint density at radius 3 is 1.83 bits per heavy atom. The Morgan fingerprint density at radius 2 is 1.33 bits per heavy atom. The number of alkyl carbamates (subject to hydrolysis) is 1. The maximum absolute atomic E-state index is 15.3. The molecule has 0 bridgehead atoms. The number of ether oxygens (including phenoxy) is 5. The summed E-state index contributed by atoms with van der Waals surface area (Å²) in [7, 11) is -5.41. The number of hydrogen-bond donors (Lipinski definition) is 2. The van der Waals surface area contributed by atoms with Crippen LogP contribution in [0.4, 0.5) is 15.3 Å². The summed E-state index contributed by atoms with van der Waals surface area (Å²) in [5.41, 5.74) is 6.20. The van der Waals surface area contributed by atoms with Crippen molar-refractivity contribution in [2.24, 2.45) is 5.73 Å². The average Bonchev–Trinajstić information content (AvgIpc) is 3.70. The number of amides is 2. The number of aromatic nitrogens is 4. The molecule has 0 fully saturated rings. The summed E-state index contributed by atoms with van der Waals surface area (Å²) in [5, 5.41) is 15.4. The van der Waals surface area contributed by atoms with Crippen LogP contribution in [0.5, 0.6) is 17.2 Å². The molecule has 1 heterocycles. The standard InChI is InChI=1S/C41H49IN8O11S2/c1-41(2,3)61-40(52)44-31(27-60-39(43)51)21-22-62(53,54)50(32-13-20-37(42)36(23-32)38-45-47-49(46-38)26-30-11-18-35(59-6)19-12-30)63(55,56)48(24-28-7-14-33(57-4)15-8-28)25-29-9-16-34(58-5)17-10-29/h7-20,23,31H,21-22,24-27H2,1-6H3,(H2,43,51)(H,44,52). The van der Waals surface area contributed by atoms with Gasteiger partial charge in [0.25, 0.3) is 0 Å². The Balaban J connectivity index is 1.60. The van der Waals surface area contributed by atoms with Crippen LogP contribution in [0.3, 0.4) is 0 Å². The van der Waals surface area contributed by atoms with Crippen LogP contribution >= 0.6 is 22.6 Å². The topological polar surface area (TPSA) is 237 Å². The number of benzene rings is 4. The third kappa shape index (κ3) is 13.6. The smallest absolute Gasteiger partial charge is 0.407 e. The molecule has 22 heteroatoms. The van der Waals surface area contributed by atoms with Crippen molar-refractivity contribution in [3.05, 3.63) is 111 Å². The van der Waals surface area contributed by atoms with E-state index in [1.807, 2.05) is 34.7 Å². The number of hydrogen-bond acceptors (Lipinski definition) is 14. The highest BCUT2D eigenvalue weighted by Crippen LogP contribution is 2.33. The number of sulfonamides is 1. The molecule has 0 aliphatic carbocycles. The van der Waals surface area contributed by atoms with Crippen LogP contribution in [0, 0.1) is 3.57 Å². The van der Waals surface area contributed by atoms with Gasteiger partial charge in [0.1, 0.15) is 29.5 Å². The predicted octanol–water partition coefficient (Wildman–Crippen LogP) is 5.48. The van der Waals surface area contributed by atoms with Crippen molar-refractivity contribution < 1.29 is 50.1 Å². The number of carbonyl (C=O) groups is 2. The van der Waals surface area contributed by atoms with E-state index in [1.165, 1.54) is 37.2 Å². The maximum Gasteiger partial charge on any atom is 0.407 e. The van der Waals surface area contributed by atoms with Crippen LogP contribution in [0.25, 0.3) is 11.4 Å². The van der Waals surface area contributed by atoms with Crippen LogP contribution in [-0.4, -0.2) is 98.9 Å². The molecule has 3 N–H and O–H groups in total. The first kappa shape index (κ1) is 48.3. The summed E-state index contributed by atoms with van der Waals surface area (Å²) >= 11 is 2.02. The van der Waals surface area contributed by atoms with E-state index in [2.05, 4.69) is 20.7 Å². The van der Waals surface area contributed by atoms with Crippen LogP contribution in [0.1, 0.15) is 43.9 Å². The molecule has 1 atom stereocenters. The van der Waals surface area contributed by atoms with E-state index >= 15 is 8.42 Å². The van der Waals surface area contributed by atoms with E-state index in [0.717, 1.165) is 9.87 Å². The Morgan fingerprint density at radius 1 is 0.810 bits per heavy atom. The number of rotatable bonds is 20. The van der Waals surface area contributed by atoms with Gasteiger partial charge in [0, 0.05) is 22.2 Å². The molecule has 0 radical (unpaired) electrons. The third-order valence-electron chi connectivity index (χ3n) is 9.03. The number of primary amides is 1. The molecule has 0 aliphatic heterocycles. The molecule has 338 valence electrons. The highest BCUT2D eigenvalue weighted by molar-refractivity contribution is 14.1. The van der Waals surface area contributed by atoms with E-state index in [4.69, 9.17) is 29.4 Å². The zero-order chi connectivity index (χ0) is 46.0. The van der Waals surface area contributed by atoms with Gasteiger partial charge in [-0.05, 0) is 126 Å². The third-order valence-corrected chi connectivity index (χ3v) is 14.2. The van der Waals surface area contributed by atoms with Gasteiger partial charge in [-0.2, -0.15) is 21.2 Å². The monoisotopic (exact) mass is 1020 g/mol. The van der Waals surface area contributed by atoms with Crippen molar-refractivity contribution in [3.8, 4) is 28.6 Å². The molecule has 0 spiro atoms. The first-order valence-electron chi connectivity index (χ1n) is 19.2. The Labute approximate surface area is 380 Å². The molecular weight excluding hydrogens is 972 g/mol. The van der Waals surface area contributed by atoms with Gasteiger partial charge in [0.15, 0.2) is 0 Å². The van der Waals surface area contributed by atoms with Gasteiger partial charge in [-0.1, -0.05) is 36.4 Å². The van der Waals surface area contributed by atoms with Gasteiger partial charge < -0.3 is 34.7 Å². The van der Waals surface area contributed by atoms with Crippen molar-refractivity contribution in [1.29, 1.82) is 0 Å². The summed E-state index contributed by atoms with van der Waals surface area (Å²) < 4.78 is 88.4. The lowest BCUT2D eigenvalue weighted by Crippen LogP contribution is -2.48. The van der Waals surface area contributed by atoms with Crippen LogP contribution < -0.4 is 29.0 Å². The first-order chi connectivity index (χ1) is 29.8. The number of halogens is 1. The van der Waals surface area contributed by atoms with Crippen LogP contribution in [0.2, 0.25) is 0 Å². The Bertz CT molecular complexity index is 2510. The average molecular weight is 1020 g/mol. The zero-order valence-corrected chi connectivity index (χ0v) is 39.2. The predicted molar refractivity (Wildman–Crippen MR) is 242 cm³/mol. The summed E-state index contributed by atoms with van der Waals surface area (Å²) in [4.78, 5) is 25.7. The molecule has 5 aromatic rings. The second-order valence-corrected chi connectivity index (χ2v) is 20.0. The van der Waals surface area contributed by atoms with Gasteiger partial charge >= 0.3 is 22.4 Å². The van der Waals surface area contributed by atoms with Crippen molar-refractivity contribution in [1.82, 2.24) is 29.8 Å². The number of anilines is 1. The molecule has 1 aromatic heterocycles. The quantitative estimate of drug-likeness (QED) is 0.0919. The number of nitrogens with zero attached hydrogens (tertiary/aromatic N) is 6. The van der Waals surface area contributed by atoms with Gasteiger partial charge in [-0.3, -0.25) is 0 Å². The van der Waals surface area contributed by atoms with Crippen molar-refractivity contribution in [2.45, 2.75) is 58.5 Å². The molecule has 4 aromatic carbocycles. The summed E-state index contributed by atoms with van der Waals surface area (Å²) in [6, 6.07) is 23.7. The van der Waals surface area contributed by atoms with E-state index in [9.17, 15) is 18.0 Å². The second kappa shape index (κ2) is 21.1. The first-order valence-corrected chi connectivity index (χ1v) is 23.3. The molecule has 0 aliphatic rings. The second-order valence-electron chi connectivity index (χ2n) is 14.9. The van der Waals surface area contributed by atoms with Crippen molar-refractivity contribution >= 4 is 60.7 Å². The number of nitrogens with one attached hydrogen (secondary N) is 1. The summed E-state index contributed by atoms with van der Waals surface area (Å²) in [6.07, 6.45) is -2.54. The number of nitrogens with two attached hydrogens (primary N) is 1. The van der Waals surface area contributed by atoms with Gasteiger partial charge in [-0.25, -0.2) is 18.0 Å². The SMILES string of the molecule is COc1ccc(CN(Cc2ccc(OC)cc2)S(=O)(=O)N(c2ccc(I)c(-c3nnn(Cc4ccc(OC)cc4)n3)c2)S(=O)(=O)CCC(COC(N)=O)NC(=O)OC(C)(C)C)cc1. The summed E-state index contributed by atoms with van der Waals surface area (Å²) in [6.45, 7) is 4.06. The zero-order valence-electron chi connectivity index (χ0n) is 35.4. The Hall–Kier alpha value is -5.72. The lowest BCUT2D eigenvalue weighted by atomic mass is 10.2. The van der Waals surface area contributed by atoms with E-state index in [-0.39, 0.29) is 31.1 Å². The minimum atomic E-state index is -5.05. The fraction of sp³-hybridized carbons (Fsp3) is 0.341. The van der Waals surface area contributed by atoms with Crippen LogP contribution in [-0.2, 0) is 49.3 Å². The molecule has 0 saturated heterocycles. The molecule has 0 saturated carbocycles. The normalized spacial score (nSPS) is 12.3. The number of carbonyl (C=O) groups excluding carboxylic acids is 2. The molecule has 19 nitrogen and oxygen atoms in total.